The van der Waals surface area contributed by atoms with Crippen molar-refractivity contribution >= 4 is 39.9 Å². The van der Waals surface area contributed by atoms with Crippen molar-refractivity contribution in [1.29, 1.82) is 0 Å². The molecule has 0 aliphatic carbocycles. The van der Waals surface area contributed by atoms with Gasteiger partial charge in [0.2, 0.25) is 5.91 Å². The number of anilines is 1. The van der Waals surface area contributed by atoms with Crippen LogP contribution in [-0.2, 0) is 15.1 Å². The normalized spacial score (nSPS) is 25.1. The number of amides is 2. The third kappa shape index (κ3) is 2.94. The van der Waals surface area contributed by atoms with Crippen molar-refractivity contribution in [3.05, 3.63) is 76.8 Å². The van der Waals surface area contributed by atoms with Crippen LogP contribution in [0.2, 0.25) is 5.02 Å². The van der Waals surface area contributed by atoms with Gasteiger partial charge in [-0.15, -0.1) is 0 Å². The topological polar surface area (TPSA) is 72.9 Å². The molecule has 2 aliphatic rings. The van der Waals surface area contributed by atoms with Crippen LogP contribution in [0.15, 0.2) is 60.7 Å². The fourth-order valence-electron chi connectivity index (χ4n) is 5.22. The summed E-state index contributed by atoms with van der Waals surface area (Å²) in [6, 6.07) is 18.4. The number of halogens is 1. The quantitative estimate of drug-likeness (QED) is 0.644. The summed E-state index contributed by atoms with van der Waals surface area (Å²) < 4.78 is 0. The fourth-order valence-corrected chi connectivity index (χ4v) is 5.40. The first-order valence-corrected chi connectivity index (χ1v) is 11.0. The molecule has 2 aliphatic heterocycles. The lowest BCUT2D eigenvalue weighted by Crippen LogP contribution is -2.57. The molecule has 2 heterocycles. The van der Waals surface area contributed by atoms with Gasteiger partial charge in [0.1, 0.15) is 0 Å². The highest BCUT2D eigenvalue weighted by Crippen LogP contribution is 2.50. The SMILES string of the molecule is CN(C)C(=O)[C@@H]1C[C@@H](O)CN1C1(c2cccc3ccccc23)C(=O)Nc2ccc(Cl)cc21. The lowest BCUT2D eigenvalue weighted by Gasteiger charge is -2.41. The summed E-state index contributed by atoms with van der Waals surface area (Å²) in [6.07, 6.45) is -0.473. The van der Waals surface area contributed by atoms with E-state index in [-0.39, 0.29) is 24.8 Å². The maximum absolute atomic E-state index is 13.9. The first-order chi connectivity index (χ1) is 15.3. The zero-order valence-corrected chi connectivity index (χ0v) is 18.6. The molecule has 1 saturated heterocycles. The second kappa shape index (κ2) is 7.59. The van der Waals surface area contributed by atoms with Crippen molar-refractivity contribution < 1.29 is 14.7 Å². The number of hydrogen-bond donors (Lipinski definition) is 2. The van der Waals surface area contributed by atoms with Gasteiger partial charge in [-0.2, -0.15) is 0 Å². The highest BCUT2D eigenvalue weighted by molar-refractivity contribution is 6.31. The van der Waals surface area contributed by atoms with Crippen LogP contribution in [0.5, 0.6) is 0 Å². The van der Waals surface area contributed by atoms with Crippen molar-refractivity contribution in [1.82, 2.24) is 9.80 Å². The predicted molar refractivity (Wildman–Crippen MR) is 125 cm³/mol. The van der Waals surface area contributed by atoms with Crippen molar-refractivity contribution in [2.45, 2.75) is 24.1 Å². The number of carbonyl (C=O) groups is 2. The number of benzene rings is 3. The minimum atomic E-state index is -1.31. The molecule has 6 nitrogen and oxygen atoms in total. The summed E-state index contributed by atoms with van der Waals surface area (Å²) in [7, 11) is 3.38. The zero-order chi connectivity index (χ0) is 22.6. The van der Waals surface area contributed by atoms with Gasteiger partial charge < -0.3 is 15.3 Å². The lowest BCUT2D eigenvalue weighted by atomic mass is 9.79. The molecule has 1 unspecified atom stereocenters. The van der Waals surface area contributed by atoms with Gasteiger partial charge in [-0.3, -0.25) is 14.5 Å². The molecule has 5 rings (SSSR count). The van der Waals surface area contributed by atoms with E-state index >= 15 is 0 Å². The van der Waals surface area contributed by atoms with E-state index in [0.29, 0.717) is 16.3 Å². The molecular formula is C25H24ClN3O3. The second-order valence-electron chi connectivity index (χ2n) is 8.67. The molecule has 7 heteroatoms. The summed E-state index contributed by atoms with van der Waals surface area (Å²) in [6.45, 7) is 0.187. The van der Waals surface area contributed by atoms with Crippen LogP contribution < -0.4 is 5.32 Å². The van der Waals surface area contributed by atoms with Gasteiger partial charge >= 0.3 is 0 Å². The van der Waals surface area contributed by atoms with Crippen molar-refractivity contribution in [3.8, 4) is 0 Å². The predicted octanol–water partition coefficient (Wildman–Crippen LogP) is 3.21. The number of nitrogens with zero attached hydrogens (tertiary/aromatic N) is 2. The molecule has 0 bridgehead atoms. The third-order valence-electron chi connectivity index (χ3n) is 6.56. The minimum absolute atomic E-state index is 0.149. The Morgan fingerprint density at radius 2 is 1.88 bits per heavy atom. The van der Waals surface area contributed by atoms with E-state index in [2.05, 4.69) is 5.32 Å². The minimum Gasteiger partial charge on any atom is -0.392 e. The Morgan fingerprint density at radius 1 is 1.12 bits per heavy atom. The van der Waals surface area contributed by atoms with Crippen LogP contribution in [-0.4, -0.2) is 59.5 Å². The highest BCUT2D eigenvalue weighted by atomic mass is 35.5. The van der Waals surface area contributed by atoms with E-state index in [1.165, 1.54) is 4.90 Å². The number of aliphatic hydroxyl groups is 1. The van der Waals surface area contributed by atoms with Gasteiger partial charge in [0.15, 0.2) is 5.54 Å². The first-order valence-electron chi connectivity index (χ1n) is 10.6. The Kier molecular flexibility index (Phi) is 4.97. The van der Waals surface area contributed by atoms with Crippen LogP contribution in [0.25, 0.3) is 10.8 Å². The molecule has 0 radical (unpaired) electrons. The van der Waals surface area contributed by atoms with Crippen LogP contribution in [0.3, 0.4) is 0 Å². The van der Waals surface area contributed by atoms with Gasteiger partial charge in [-0.05, 0) is 41.0 Å². The Bertz CT molecular complexity index is 1240. The average molecular weight is 450 g/mol. The maximum atomic E-state index is 13.9. The Hall–Kier alpha value is -2.93. The molecule has 32 heavy (non-hydrogen) atoms. The average Bonchev–Trinajstić information content (AvgIpc) is 3.29. The van der Waals surface area contributed by atoms with Crippen LogP contribution >= 0.6 is 11.6 Å². The van der Waals surface area contributed by atoms with Crippen LogP contribution in [0.4, 0.5) is 5.69 Å². The number of rotatable bonds is 3. The van der Waals surface area contributed by atoms with E-state index < -0.39 is 17.7 Å². The van der Waals surface area contributed by atoms with E-state index in [4.69, 9.17) is 11.6 Å². The standard InChI is InChI=1S/C25H24ClN3O3/c1-28(2)23(31)22-13-17(30)14-29(22)25(19-9-5-7-15-6-3-4-8-18(15)19)20-12-16(26)10-11-21(20)27-24(25)32/h3-12,17,22,30H,13-14H2,1-2H3,(H,27,32)/t17-,22+,25?/m1/s1. The molecule has 3 aromatic carbocycles. The molecule has 3 aromatic rings. The van der Waals surface area contributed by atoms with Crippen molar-refractivity contribution in [3.63, 3.8) is 0 Å². The largest absolute Gasteiger partial charge is 0.392 e. The number of hydrogen-bond acceptors (Lipinski definition) is 4. The summed E-state index contributed by atoms with van der Waals surface area (Å²) in [5, 5.41) is 16.1. The highest BCUT2D eigenvalue weighted by Gasteiger charge is 2.58. The van der Waals surface area contributed by atoms with Gasteiger partial charge in [0.25, 0.3) is 5.91 Å². The number of fused-ring (bicyclic) bond motifs is 2. The Morgan fingerprint density at radius 3 is 2.66 bits per heavy atom. The number of carbonyl (C=O) groups excluding carboxylic acids is 2. The van der Waals surface area contributed by atoms with Crippen LogP contribution in [0, 0.1) is 0 Å². The summed E-state index contributed by atoms with van der Waals surface area (Å²) in [4.78, 5) is 30.5. The molecule has 2 amide bonds. The van der Waals surface area contributed by atoms with Crippen LogP contribution in [0.1, 0.15) is 17.5 Å². The fraction of sp³-hybridized carbons (Fsp3) is 0.280. The Labute approximate surface area is 191 Å². The van der Waals surface area contributed by atoms with Crippen molar-refractivity contribution in [2.24, 2.45) is 0 Å². The van der Waals surface area contributed by atoms with E-state index in [0.717, 1.165) is 16.3 Å². The second-order valence-corrected chi connectivity index (χ2v) is 9.11. The molecule has 2 N–H and O–H groups in total. The number of β-amino-alcohol motifs (C(OH)–C–C–N with tert-alkyl or cyclic N) is 1. The summed E-state index contributed by atoms with van der Waals surface area (Å²) >= 11 is 6.41. The Balaban J connectivity index is 1.85. The third-order valence-corrected chi connectivity index (χ3v) is 6.80. The molecule has 1 fully saturated rings. The molecule has 164 valence electrons. The molecule has 0 saturated carbocycles. The number of likely N-dealkylation sites (N-methyl/N-ethyl adjacent to an activating group) is 1. The van der Waals surface area contributed by atoms with Gasteiger partial charge in [-0.1, -0.05) is 54.1 Å². The van der Waals surface area contributed by atoms with Gasteiger partial charge in [0.05, 0.1) is 12.1 Å². The maximum Gasteiger partial charge on any atom is 0.254 e. The van der Waals surface area contributed by atoms with Gasteiger partial charge in [0, 0.05) is 36.9 Å². The van der Waals surface area contributed by atoms with E-state index in [1.807, 2.05) is 47.4 Å². The molecular weight excluding hydrogens is 426 g/mol. The number of aliphatic hydroxyl groups excluding tert-OH is 1. The van der Waals surface area contributed by atoms with E-state index in [9.17, 15) is 14.7 Å². The van der Waals surface area contributed by atoms with Crippen molar-refractivity contribution in [2.75, 3.05) is 26.0 Å². The van der Waals surface area contributed by atoms with Gasteiger partial charge in [-0.25, -0.2) is 0 Å². The first kappa shape index (κ1) is 20.9. The molecule has 0 aromatic heterocycles. The summed E-state index contributed by atoms with van der Waals surface area (Å²) in [5.41, 5.74) is 0.802. The van der Waals surface area contributed by atoms with E-state index in [1.54, 1.807) is 32.3 Å². The summed E-state index contributed by atoms with van der Waals surface area (Å²) in [5.74, 6) is -0.402. The lowest BCUT2D eigenvalue weighted by molar-refractivity contribution is -0.137. The number of nitrogens with one attached hydrogen (secondary N) is 1. The number of likely N-dealkylation sites (tertiary alicyclic amines) is 1. The molecule has 0 spiro atoms. The smallest absolute Gasteiger partial charge is 0.254 e. The zero-order valence-electron chi connectivity index (χ0n) is 17.9. The molecule has 3 atom stereocenters. The monoisotopic (exact) mass is 449 g/mol.